The van der Waals surface area contributed by atoms with Gasteiger partial charge >= 0.3 is 0 Å². The van der Waals surface area contributed by atoms with Crippen molar-refractivity contribution >= 4 is 23.0 Å². The third-order valence-electron chi connectivity index (χ3n) is 7.66. The van der Waals surface area contributed by atoms with Crippen molar-refractivity contribution in [3.05, 3.63) is 113 Å². The quantitative estimate of drug-likeness (QED) is 0.360. The Kier molecular flexibility index (Phi) is 9.69. The number of hydrogen-bond acceptors (Lipinski definition) is 7. The van der Waals surface area contributed by atoms with Crippen LogP contribution in [0.25, 0.3) is 11.3 Å². The first-order chi connectivity index (χ1) is 20.8. The van der Waals surface area contributed by atoms with Gasteiger partial charge in [0.1, 0.15) is 5.82 Å². The van der Waals surface area contributed by atoms with Crippen LogP contribution < -0.4 is 10.6 Å². The van der Waals surface area contributed by atoms with Crippen molar-refractivity contribution in [3.63, 3.8) is 0 Å². The number of anilines is 1. The van der Waals surface area contributed by atoms with Crippen LogP contribution in [0.5, 0.6) is 0 Å². The molecule has 1 saturated heterocycles. The summed E-state index contributed by atoms with van der Waals surface area (Å²) in [4.78, 5) is 26.6. The molecule has 8 heteroatoms. The molecular weight excluding hydrogens is 536 g/mol. The first-order valence-electron chi connectivity index (χ1n) is 14.9. The van der Waals surface area contributed by atoms with Gasteiger partial charge in [0.15, 0.2) is 0 Å². The van der Waals surface area contributed by atoms with Crippen LogP contribution in [0.1, 0.15) is 48.7 Å². The van der Waals surface area contributed by atoms with E-state index in [1.165, 1.54) is 5.57 Å². The van der Waals surface area contributed by atoms with Gasteiger partial charge in [-0.25, -0.2) is 4.98 Å². The summed E-state index contributed by atoms with van der Waals surface area (Å²) in [6.45, 7) is 11.3. The zero-order chi connectivity index (χ0) is 30.2. The minimum Gasteiger partial charge on any atom is -0.392 e. The van der Waals surface area contributed by atoms with E-state index in [0.717, 1.165) is 73.0 Å². The lowest BCUT2D eigenvalue weighted by Gasteiger charge is -2.27. The van der Waals surface area contributed by atoms with E-state index in [1.54, 1.807) is 0 Å². The van der Waals surface area contributed by atoms with Crippen molar-refractivity contribution in [2.24, 2.45) is 0 Å². The van der Waals surface area contributed by atoms with Gasteiger partial charge in [0.05, 0.1) is 31.0 Å². The zero-order valence-corrected chi connectivity index (χ0v) is 25.6. The zero-order valence-electron chi connectivity index (χ0n) is 25.6. The standard InChI is InChI=1S/C35H42N6O2/c1-35(2,3)30-22-31(25-40-17-19-43-20-18-40)38-33(23-30)39-34(42)21-26-5-7-29(8-6-26)32(24-36-4)41-15-11-28(12-16-41)27-9-13-37-14-10-27/h5-15,22-24,36H,16-21,25H2,1-4H3,(H,38,39,42)/b32-24-. The second-order valence-electron chi connectivity index (χ2n) is 12.0. The van der Waals surface area contributed by atoms with Crippen molar-refractivity contribution in [1.29, 1.82) is 0 Å². The summed E-state index contributed by atoms with van der Waals surface area (Å²) in [5.41, 5.74) is 7.46. The average Bonchev–Trinajstić information content (AvgIpc) is 3.01. The van der Waals surface area contributed by atoms with E-state index >= 15 is 0 Å². The topological polar surface area (TPSA) is 82.6 Å². The Labute approximate surface area is 255 Å². The molecule has 2 aliphatic rings. The normalized spacial score (nSPS) is 16.1. The Hall–Kier alpha value is -4.27. The monoisotopic (exact) mass is 578 g/mol. The van der Waals surface area contributed by atoms with Gasteiger partial charge in [-0.1, -0.05) is 51.1 Å². The van der Waals surface area contributed by atoms with Gasteiger partial charge in [-0.2, -0.15) is 0 Å². The second-order valence-corrected chi connectivity index (χ2v) is 12.0. The van der Waals surface area contributed by atoms with E-state index in [-0.39, 0.29) is 17.7 Å². The highest BCUT2D eigenvalue weighted by Crippen LogP contribution is 2.27. The summed E-state index contributed by atoms with van der Waals surface area (Å²) >= 11 is 0. The molecule has 43 heavy (non-hydrogen) atoms. The lowest BCUT2D eigenvalue weighted by molar-refractivity contribution is -0.115. The Morgan fingerprint density at radius 2 is 1.79 bits per heavy atom. The number of nitrogens with zero attached hydrogens (tertiary/aromatic N) is 4. The van der Waals surface area contributed by atoms with Gasteiger partial charge in [-0.05, 0) is 63.6 Å². The lowest BCUT2D eigenvalue weighted by Crippen LogP contribution is -2.36. The molecule has 1 aromatic carbocycles. The molecule has 2 aromatic heterocycles. The van der Waals surface area contributed by atoms with E-state index in [9.17, 15) is 4.79 Å². The van der Waals surface area contributed by atoms with Crippen molar-refractivity contribution in [2.45, 2.75) is 39.2 Å². The number of nitrogens with one attached hydrogen (secondary N) is 2. The summed E-state index contributed by atoms with van der Waals surface area (Å²) in [7, 11) is 1.90. The summed E-state index contributed by atoms with van der Waals surface area (Å²) < 4.78 is 5.50. The Balaban J connectivity index is 1.24. The Morgan fingerprint density at radius 3 is 2.44 bits per heavy atom. The maximum absolute atomic E-state index is 13.1. The van der Waals surface area contributed by atoms with Gasteiger partial charge in [0.2, 0.25) is 5.91 Å². The third kappa shape index (κ3) is 8.18. The van der Waals surface area contributed by atoms with Crippen LogP contribution in [0.15, 0.2) is 85.5 Å². The Morgan fingerprint density at radius 1 is 1.05 bits per heavy atom. The van der Waals surface area contributed by atoms with Gasteiger partial charge < -0.3 is 20.3 Å². The number of hydrogen-bond donors (Lipinski definition) is 2. The molecule has 224 valence electrons. The maximum Gasteiger partial charge on any atom is 0.229 e. The first kappa shape index (κ1) is 30.2. The predicted molar refractivity (Wildman–Crippen MR) is 173 cm³/mol. The van der Waals surface area contributed by atoms with Crippen molar-refractivity contribution in [2.75, 3.05) is 45.2 Å². The van der Waals surface area contributed by atoms with Crippen LogP contribution in [0, 0.1) is 0 Å². The molecule has 4 heterocycles. The average molecular weight is 579 g/mol. The highest BCUT2D eigenvalue weighted by atomic mass is 16.5. The number of aromatic nitrogens is 2. The molecule has 0 spiro atoms. The number of morpholine rings is 1. The van der Waals surface area contributed by atoms with Gasteiger partial charge in [-0.15, -0.1) is 0 Å². The predicted octanol–water partition coefficient (Wildman–Crippen LogP) is 5.22. The van der Waals surface area contributed by atoms with Crippen LogP contribution in [0.3, 0.4) is 0 Å². The molecule has 1 amide bonds. The molecule has 3 aromatic rings. The van der Waals surface area contributed by atoms with Gasteiger partial charge in [-0.3, -0.25) is 14.7 Å². The van der Waals surface area contributed by atoms with Gasteiger partial charge in [0, 0.05) is 58.0 Å². The number of carbonyl (C=O) groups excluding carboxylic acids is 1. The van der Waals surface area contributed by atoms with E-state index in [2.05, 4.69) is 82.7 Å². The summed E-state index contributed by atoms with van der Waals surface area (Å²) in [6.07, 6.45) is 12.3. The fraction of sp³-hybridized carbons (Fsp3) is 0.343. The second kappa shape index (κ2) is 13.8. The highest BCUT2D eigenvalue weighted by molar-refractivity contribution is 5.91. The fourth-order valence-corrected chi connectivity index (χ4v) is 5.22. The van der Waals surface area contributed by atoms with Gasteiger partial charge in [0.25, 0.3) is 0 Å². The van der Waals surface area contributed by atoms with Crippen LogP contribution in [0.4, 0.5) is 5.82 Å². The number of allylic oxidation sites excluding steroid dienone is 2. The van der Waals surface area contributed by atoms with Crippen LogP contribution in [-0.4, -0.2) is 65.6 Å². The lowest BCUT2D eigenvalue weighted by atomic mass is 9.87. The fourth-order valence-electron chi connectivity index (χ4n) is 5.22. The van der Waals surface area contributed by atoms with E-state index in [1.807, 2.05) is 56.0 Å². The van der Waals surface area contributed by atoms with E-state index < -0.39 is 0 Å². The molecule has 2 aliphatic heterocycles. The van der Waals surface area contributed by atoms with Crippen LogP contribution in [-0.2, 0) is 27.9 Å². The number of rotatable bonds is 9. The maximum atomic E-state index is 13.1. The molecule has 0 atom stereocenters. The molecule has 0 radical (unpaired) electrons. The van der Waals surface area contributed by atoms with Crippen LogP contribution >= 0.6 is 0 Å². The number of ether oxygens (including phenoxy) is 1. The molecule has 0 saturated carbocycles. The molecule has 1 fully saturated rings. The molecule has 8 nitrogen and oxygen atoms in total. The van der Waals surface area contributed by atoms with Crippen molar-refractivity contribution in [3.8, 4) is 0 Å². The summed E-state index contributed by atoms with van der Waals surface area (Å²) in [6, 6.07) is 16.4. The van der Waals surface area contributed by atoms with Crippen LogP contribution in [0.2, 0.25) is 0 Å². The first-order valence-corrected chi connectivity index (χ1v) is 14.9. The minimum absolute atomic E-state index is 0.0590. The third-order valence-corrected chi connectivity index (χ3v) is 7.66. The molecule has 0 bridgehead atoms. The largest absolute Gasteiger partial charge is 0.392 e. The number of carbonyl (C=O) groups is 1. The van der Waals surface area contributed by atoms with E-state index in [4.69, 9.17) is 9.72 Å². The number of pyridine rings is 2. The molecule has 0 unspecified atom stereocenters. The number of benzene rings is 1. The molecule has 2 N–H and O–H groups in total. The van der Waals surface area contributed by atoms with E-state index in [0.29, 0.717) is 5.82 Å². The smallest absolute Gasteiger partial charge is 0.229 e. The van der Waals surface area contributed by atoms with Crippen molar-refractivity contribution < 1.29 is 9.53 Å². The molecule has 5 rings (SSSR count). The molecular formula is C35H42N6O2. The number of amides is 1. The molecule has 0 aliphatic carbocycles. The minimum atomic E-state index is -0.0811. The summed E-state index contributed by atoms with van der Waals surface area (Å²) in [5, 5.41) is 6.24. The Bertz CT molecular complexity index is 1480. The SMILES string of the molecule is CN/C=C(/c1ccc(CC(=O)Nc2cc(C(C)(C)C)cc(CN3CCOCC3)n2)cc1)N1C=CC(c2ccncc2)=CC1. The van der Waals surface area contributed by atoms with Crippen molar-refractivity contribution in [1.82, 2.24) is 25.1 Å². The summed E-state index contributed by atoms with van der Waals surface area (Å²) in [5.74, 6) is 0.523. The highest BCUT2D eigenvalue weighted by Gasteiger charge is 2.19.